The Morgan fingerprint density at radius 1 is 1.15 bits per heavy atom. The van der Waals surface area contributed by atoms with Crippen molar-refractivity contribution in [2.45, 2.75) is 32.2 Å². The van der Waals surface area contributed by atoms with E-state index in [0.29, 0.717) is 25.2 Å². The molecule has 1 aliphatic rings. The molecule has 33 heavy (non-hydrogen) atoms. The topological polar surface area (TPSA) is 77.1 Å². The van der Waals surface area contributed by atoms with Crippen LogP contribution in [0.5, 0.6) is 0 Å². The van der Waals surface area contributed by atoms with Crippen molar-refractivity contribution in [3.63, 3.8) is 0 Å². The minimum atomic E-state index is -0.420. The zero-order valence-electron chi connectivity index (χ0n) is 18.5. The van der Waals surface area contributed by atoms with E-state index in [1.54, 1.807) is 22.9 Å². The maximum atomic E-state index is 14.2. The molecule has 0 radical (unpaired) electrons. The van der Waals surface area contributed by atoms with Gasteiger partial charge in [0.2, 0.25) is 11.7 Å². The second-order valence-corrected chi connectivity index (χ2v) is 8.18. The van der Waals surface area contributed by atoms with Gasteiger partial charge in [-0.25, -0.2) is 4.39 Å². The first-order valence-electron chi connectivity index (χ1n) is 11.0. The van der Waals surface area contributed by atoms with E-state index in [2.05, 4.69) is 15.2 Å². The van der Waals surface area contributed by atoms with Gasteiger partial charge in [0.05, 0.1) is 11.5 Å². The molecule has 0 aliphatic carbocycles. The lowest BCUT2D eigenvalue weighted by molar-refractivity contribution is -0.133. The molecule has 0 spiro atoms. The Kier molecular flexibility index (Phi) is 5.50. The Morgan fingerprint density at radius 3 is 2.67 bits per heavy atom. The van der Waals surface area contributed by atoms with Crippen molar-refractivity contribution in [2.24, 2.45) is 7.05 Å². The normalized spacial score (nSPS) is 14.2. The molecule has 2 aromatic carbocycles. The maximum Gasteiger partial charge on any atom is 0.279 e. The first kappa shape index (κ1) is 21.1. The summed E-state index contributed by atoms with van der Waals surface area (Å²) < 4.78 is 21.4. The molecule has 8 heteroatoms. The molecule has 2 aromatic heterocycles. The van der Waals surface area contributed by atoms with Gasteiger partial charge < -0.3 is 9.42 Å². The van der Waals surface area contributed by atoms with Crippen molar-refractivity contribution in [3.05, 3.63) is 77.2 Å². The second kappa shape index (κ2) is 8.61. The number of hydrogen-bond donors (Lipinski definition) is 0. The van der Waals surface area contributed by atoms with E-state index < -0.39 is 5.82 Å². The standard InChI is InChI=1S/C25H24FN5O2/c1-3-17(16-9-5-4-6-10-16)25(32)31-14-13-21-19(15-31)22(28-30(21)2)24-27-23(29-33-24)18-11-7-8-12-20(18)26/h4-12,17H,3,13-15H2,1-2H3/t17-/m0/s1. The molecule has 0 fully saturated rings. The number of rotatable bonds is 5. The zero-order valence-corrected chi connectivity index (χ0v) is 18.5. The average molecular weight is 445 g/mol. The summed E-state index contributed by atoms with van der Waals surface area (Å²) in [6.45, 7) is 3.07. The van der Waals surface area contributed by atoms with Crippen molar-refractivity contribution in [1.82, 2.24) is 24.8 Å². The summed E-state index contributed by atoms with van der Waals surface area (Å²) in [5, 5.41) is 8.56. The highest BCUT2D eigenvalue weighted by atomic mass is 19.1. The minimum absolute atomic E-state index is 0.0988. The Labute approximate surface area is 190 Å². The first-order chi connectivity index (χ1) is 16.1. The fourth-order valence-electron chi connectivity index (χ4n) is 4.48. The van der Waals surface area contributed by atoms with Crippen LogP contribution in [0, 0.1) is 5.82 Å². The van der Waals surface area contributed by atoms with Gasteiger partial charge in [0.25, 0.3) is 5.89 Å². The van der Waals surface area contributed by atoms with Gasteiger partial charge in [0.1, 0.15) is 5.82 Å². The Balaban J connectivity index is 1.45. The summed E-state index contributed by atoms with van der Waals surface area (Å²) in [4.78, 5) is 19.7. The first-order valence-corrected chi connectivity index (χ1v) is 11.0. The van der Waals surface area contributed by atoms with Gasteiger partial charge in [-0.05, 0) is 24.1 Å². The molecule has 3 heterocycles. The van der Waals surface area contributed by atoms with Crippen molar-refractivity contribution in [2.75, 3.05) is 6.54 Å². The number of aryl methyl sites for hydroxylation is 1. The zero-order chi connectivity index (χ0) is 22.9. The van der Waals surface area contributed by atoms with E-state index >= 15 is 0 Å². The van der Waals surface area contributed by atoms with Gasteiger partial charge in [-0.2, -0.15) is 10.1 Å². The molecular formula is C25H24FN5O2. The van der Waals surface area contributed by atoms with E-state index in [4.69, 9.17) is 4.52 Å². The Hall–Kier alpha value is -3.81. The number of carbonyl (C=O) groups excluding carboxylic acids is 1. The highest BCUT2D eigenvalue weighted by Crippen LogP contribution is 2.32. The lowest BCUT2D eigenvalue weighted by atomic mass is 9.93. The number of hydrogen-bond acceptors (Lipinski definition) is 5. The van der Waals surface area contributed by atoms with Gasteiger partial charge in [0.15, 0.2) is 5.69 Å². The van der Waals surface area contributed by atoms with Gasteiger partial charge in [-0.15, -0.1) is 0 Å². The summed E-state index contributed by atoms with van der Waals surface area (Å²) in [6.07, 6.45) is 1.41. The number of aromatic nitrogens is 4. The van der Waals surface area contributed by atoms with Crippen LogP contribution in [0.3, 0.4) is 0 Å². The molecule has 0 bridgehead atoms. The van der Waals surface area contributed by atoms with Crippen LogP contribution in [0.15, 0.2) is 59.1 Å². The third-order valence-electron chi connectivity index (χ3n) is 6.21. The van der Waals surface area contributed by atoms with Crippen LogP contribution in [0.1, 0.15) is 36.1 Å². The monoisotopic (exact) mass is 445 g/mol. The molecule has 1 aliphatic heterocycles. The lowest BCUT2D eigenvalue weighted by Gasteiger charge is -2.30. The number of nitrogens with zero attached hydrogens (tertiary/aromatic N) is 5. The van der Waals surface area contributed by atoms with Crippen LogP contribution >= 0.6 is 0 Å². The summed E-state index contributed by atoms with van der Waals surface area (Å²) in [7, 11) is 1.87. The van der Waals surface area contributed by atoms with Crippen LogP contribution in [-0.2, 0) is 24.8 Å². The number of benzene rings is 2. The predicted octanol–water partition coefficient (Wildman–Crippen LogP) is 4.35. The van der Waals surface area contributed by atoms with Crippen LogP contribution in [0.4, 0.5) is 4.39 Å². The van der Waals surface area contributed by atoms with Gasteiger partial charge in [-0.1, -0.05) is 54.5 Å². The summed E-state index contributed by atoms with van der Waals surface area (Å²) in [5.74, 6) is -0.127. The number of fused-ring (bicyclic) bond motifs is 1. The smallest absolute Gasteiger partial charge is 0.279 e. The summed E-state index contributed by atoms with van der Waals surface area (Å²) in [5.41, 5.74) is 3.75. The molecule has 0 unspecified atom stereocenters. The lowest BCUT2D eigenvalue weighted by Crippen LogP contribution is -2.39. The molecule has 1 atom stereocenters. The average Bonchev–Trinajstić information content (AvgIpc) is 3.45. The molecule has 0 N–H and O–H groups in total. The van der Waals surface area contributed by atoms with Crippen molar-refractivity contribution >= 4 is 5.91 Å². The van der Waals surface area contributed by atoms with Gasteiger partial charge >= 0.3 is 0 Å². The summed E-state index contributed by atoms with van der Waals surface area (Å²) in [6, 6.07) is 16.2. The molecular weight excluding hydrogens is 421 g/mol. The fourth-order valence-corrected chi connectivity index (χ4v) is 4.48. The third kappa shape index (κ3) is 3.82. The quantitative estimate of drug-likeness (QED) is 0.456. The van der Waals surface area contributed by atoms with Crippen LogP contribution in [0.25, 0.3) is 23.0 Å². The molecule has 5 rings (SSSR count). The van der Waals surface area contributed by atoms with Crippen molar-refractivity contribution in [1.29, 1.82) is 0 Å². The third-order valence-corrected chi connectivity index (χ3v) is 6.21. The predicted molar refractivity (Wildman–Crippen MR) is 120 cm³/mol. The largest absolute Gasteiger partial charge is 0.337 e. The minimum Gasteiger partial charge on any atom is -0.337 e. The molecule has 0 saturated heterocycles. The SMILES string of the molecule is CC[C@H](C(=O)N1CCc2c(c(-c3nc(-c4ccccc4F)no3)nn2C)C1)c1ccccc1. The van der Waals surface area contributed by atoms with Gasteiger partial charge in [0, 0.05) is 37.8 Å². The molecule has 168 valence electrons. The maximum absolute atomic E-state index is 14.2. The molecule has 7 nitrogen and oxygen atoms in total. The molecule has 4 aromatic rings. The van der Waals surface area contributed by atoms with Crippen molar-refractivity contribution in [3.8, 4) is 23.0 Å². The number of carbonyl (C=O) groups is 1. The van der Waals surface area contributed by atoms with E-state index in [1.165, 1.54) is 6.07 Å². The van der Waals surface area contributed by atoms with Crippen LogP contribution in [0.2, 0.25) is 0 Å². The highest BCUT2D eigenvalue weighted by Gasteiger charge is 2.32. The second-order valence-electron chi connectivity index (χ2n) is 8.18. The molecule has 1 amide bonds. The highest BCUT2D eigenvalue weighted by molar-refractivity contribution is 5.84. The summed E-state index contributed by atoms with van der Waals surface area (Å²) >= 11 is 0. The molecule has 0 saturated carbocycles. The van der Waals surface area contributed by atoms with E-state index in [9.17, 15) is 9.18 Å². The number of amides is 1. The van der Waals surface area contributed by atoms with E-state index in [1.807, 2.05) is 49.2 Å². The van der Waals surface area contributed by atoms with Crippen molar-refractivity contribution < 1.29 is 13.7 Å². The fraction of sp³-hybridized carbons (Fsp3) is 0.280. The van der Waals surface area contributed by atoms with Crippen LogP contribution < -0.4 is 0 Å². The van der Waals surface area contributed by atoms with Gasteiger partial charge in [-0.3, -0.25) is 9.48 Å². The van der Waals surface area contributed by atoms with E-state index in [-0.39, 0.29) is 29.1 Å². The Morgan fingerprint density at radius 2 is 1.91 bits per heavy atom. The Bertz CT molecular complexity index is 1300. The van der Waals surface area contributed by atoms with Crippen LogP contribution in [-0.4, -0.2) is 37.3 Å². The number of halogens is 1. The van der Waals surface area contributed by atoms with E-state index in [0.717, 1.165) is 23.2 Å².